The van der Waals surface area contributed by atoms with Gasteiger partial charge < -0.3 is 4.90 Å². The number of hydrogen-bond acceptors (Lipinski definition) is 7. The first-order chi connectivity index (χ1) is 16.8. The summed E-state index contributed by atoms with van der Waals surface area (Å²) >= 11 is 1.61. The SMILES string of the molecule is CCC1CCCCN1S(=O)(=O)c1ccc(S(=O)(=O)N2CCN(c3nc4ccccc4s3)CC2)cc1. The lowest BCUT2D eigenvalue weighted by molar-refractivity contribution is 0.246. The molecule has 2 aromatic carbocycles. The number of aromatic nitrogens is 1. The van der Waals surface area contributed by atoms with Gasteiger partial charge in [0.2, 0.25) is 20.0 Å². The van der Waals surface area contributed by atoms with Crippen molar-refractivity contribution in [2.45, 2.75) is 48.4 Å². The Balaban J connectivity index is 1.28. The van der Waals surface area contributed by atoms with Crippen LogP contribution in [0.15, 0.2) is 58.3 Å². The summed E-state index contributed by atoms with van der Waals surface area (Å²) in [7, 11) is -7.36. The van der Waals surface area contributed by atoms with Gasteiger partial charge >= 0.3 is 0 Å². The summed E-state index contributed by atoms with van der Waals surface area (Å²) in [5, 5.41) is 0.904. The molecule has 1 atom stereocenters. The van der Waals surface area contributed by atoms with Gasteiger partial charge in [0.15, 0.2) is 5.13 Å². The smallest absolute Gasteiger partial charge is 0.243 e. The topological polar surface area (TPSA) is 90.9 Å². The van der Waals surface area contributed by atoms with E-state index in [4.69, 9.17) is 0 Å². The Labute approximate surface area is 211 Å². The van der Waals surface area contributed by atoms with Crippen molar-refractivity contribution >= 4 is 46.7 Å². The Kier molecular flexibility index (Phi) is 6.88. The van der Waals surface area contributed by atoms with Gasteiger partial charge in [0.25, 0.3) is 0 Å². The number of thiazole rings is 1. The third kappa shape index (κ3) is 4.72. The molecule has 2 fully saturated rings. The monoisotopic (exact) mass is 534 g/mol. The minimum atomic E-state index is -3.71. The lowest BCUT2D eigenvalue weighted by Gasteiger charge is -2.34. The van der Waals surface area contributed by atoms with Crippen LogP contribution in [-0.4, -0.2) is 69.2 Å². The van der Waals surface area contributed by atoms with Gasteiger partial charge in [0, 0.05) is 38.8 Å². The molecule has 0 amide bonds. The van der Waals surface area contributed by atoms with E-state index < -0.39 is 20.0 Å². The average molecular weight is 535 g/mol. The summed E-state index contributed by atoms with van der Waals surface area (Å²) in [5.74, 6) is 0. The zero-order chi connectivity index (χ0) is 24.6. The number of piperazine rings is 1. The second kappa shape index (κ2) is 9.78. The molecule has 2 aliphatic heterocycles. The van der Waals surface area contributed by atoms with Crippen LogP contribution in [-0.2, 0) is 20.0 Å². The Morgan fingerprint density at radius 2 is 1.51 bits per heavy atom. The van der Waals surface area contributed by atoms with E-state index in [1.165, 1.54) is 28.6 Å². The van der Waals surface area contributed by atoms with Crippen LogP contribution in [0.4, 0.5) is 5.13 Å². The molecule has 5 rings (SSSR count). The number of nitrogens with zero attached hydrogens (tertiary/aromatic N) is 4. The number of para-hydroxylation sites is 1. The van der Waals surface area contributed by atoms with E-state index in [0.717, 1.165) is 41.0 Å². The molecule has 0 aliphatic carbocycles. The van der Waals surface area contributed by atoms with Gasteiger partial charge in [-0.3, -0.25) is 0 Å². The molecule has 1 unspecified atom stereocenters. The second-order valence-corrected chi connectivity index (χ2v) is 13.8. The molecule has 188 valence electrons. The first kappa shape index (κ1) is 24.6. The molecular formula is C24H30N4O4S3. The van der Waals surface area contributed by atoms with Crippen LogP contribution >= 0.6 is 11.3 Å². The standard InChI is InChI=1S/C24H30N4O4S3/c1-2-19-7-5-6-14-28(19)35(31,32)21-12-10-20(11-13-21)34(29,30)27-17-15-26(16-18-27)24-25-22-8-3-4-9-23(22)33-24/h3-4,8-13,19H,2,5-7,14-18H2,1H3. The highest BCUT2D eigenvalue weighted by molar-refractivity contribution is 7.89. The maximum Gasteiger partial charge on any atom is 0.243 e. The van der Waals surface area contributed by atoms with Crippen molar-refractivity contribution in [3.05, 3.63) is 48.5 Å². The molecule has 0 radical (unpaired) electrons. The van der Waals surface area contributed by atoms with Crippen LogP contribution in [0.1, 0.15) is 32.6 Å². The molecule has 0 saturated carbocycles. The highest BCUT2D eigenvalue weighted by atomic mass is 32.2. The lowest BCUT2D eigenvalue weighted by atomic mass is 10.0. The van der Waals surface area contributed by atoms with Crippen molar-refractivity contribution in [1.82, 2.24) is 13.6 Å². The van der Waals surface area contributed by atoms with Gasteiger partial charge in [-0.05, 0) is 55.7 Å². The molecule has 35 heavy (non-hydrogen) atoms. The maximum atomic E-state index is 13.3. The normalized spacial score (nSPS) is 20.9. The quantitative estimate of drug-likeness (QED) is 0.478. The summed E-state index contributed by atoms with van der Waals surface area (Å²) in [6, 6.07) is 13.7. The van der Waals surface area contributed by atoms with Crippen molar-refractivity contribution in [1.29, 1.82) is 0 Å². The number of rotatable bonds is 6. The van der Waals surface area contributed by atoms with Gasteiger partial charge in [-0.2, -0.15) is 8.61 Å². The first-order valence-electron chi connectivity index (χ1n) is 12.0. The van der Waals surface area contributed by atoms with Crippen molar-refractivity contribution in [3.8, 4) is 0 Å². The Hall–Kier alpha value is -2.05. The average Bonchev–Trinajstić information content (AvgIpc) is 3.33. The second-order valence-electron chi connectivity index (χ2n) is 9.00. The summed E-state index contributed by atoms with van der Waals surface area (Å²) in [4.78, 5) is 7.07. The predicted molar refractivity (Wildman–Crippen MR) is 139 cm³/mol. The highest BCUT2D eigenvalue weighted by Crippen LogP contribution is 2.31. The van der Waals surface area contributed by atoms with Gasteiger partial charge in [-0.1, -0.05) is 36.8 Å². The van der Waals surface area contributed by atoms with Crippen molar-refractivity contribution in [2.75, 3.05) is 37.6 Å². The fourth-order valence-corrected chi connectivity index (χ4v) is 9.09. The molecule has 1 aromatic heterocycles. The molecule has 3 heterocycles. The number of benzene rings is 2. The minimum absolute atomic E-state index is 0.00359. The Morgan fingerprint density at radius 3 is 2.17 bits per heavy atom. The zero-order valence-electron chi connectivity index (χ0n) is 19.7. The van der Waals surface area contributed by atoms with E-state index in [2.05, 4.69) is 9.88 Å². The lowest BCUT2D eigenvalue weighted by Crippen LogP contribution is -2.48. The third-order valence-corrected chi connectivity index (χ3v) is 11.9. The fraction of sp³-hybridized carbons (Fsp3) is 0.458. The predicted octanol–water partition coefficient (Wildman–Crippen LogP) is 3.76. The molecule has 0 spiro atoms. The molecule has 0 bridgehead atoms. The number of piperidine rings is 1. The number of fused-ring (bicyclic) bond motifs is 1. The van der Waals surface area contributed by atoms with E-state index in [9.17, 15) is 16.8 Å². The van der Waals surface area contributed by atoms with Crippen LogP contribution in [0.3, 0.4) is 0 Å². The summed E-state index contributed by atoms with van der Waals surface area (Å²) in [6.45, 7) is 4.33. The van der Waals surface area contributed by atoms with Gasteiger partial charge in [0.05, 0.1) is 20.0 Å². The molecule has 11 heteroatoms. The first-order valence-corrected chi connectivity index (χ1v) is 15.7. The van der Waals surface area contributed by atoms with E-state index in [0.29, 0.717) is 32.7 Å². The van der Waals surface area contributed by atoms with Crippen molar-refractivity contribution in [3.63, 3.8) is 0 Å². The van der Waals surface area contributed by atoms with Crippen LogP contribution in [0.25, 0.3) is 10.2 Å². The molecule has 0 N–H and O–H groups in total. The number of hydrogen-bond donors (Lipinski definition) is 0. The Bertz CT molecular complexity index is 1360. The Morgan fingerprint density at radius 1 is 0.857 bits per heavy atom. The van der Waals surface area contributed by atoms with Gasteiger partial charge in [0.1, 0.15) is 0 Å². The zero-order valence-corrected chi connectivity index (χ0v) is 22.2. The maximum absolute atomic E-state index is 13.3. The van der Waals surface area contributed by atoms with Crippen LogP contribution < -0.4 is 4.90 Å². The molecular weight excluding hydrogens is 504 g/mol. The van der Waals surface area contributed by atoms with Crippen LogP contribution in [0.2, 0.25) is 0 Å². The third-order valence-electron chi connectivity index (χ3n) is 6.90. The molecule has 8 nitrogen and oxygen atoms in total. The minimum Gasteiger partial charge on any atom is -0.345 e. The van der Waals surface area contributed by atoms with Crippen LogP contribution in [0.5, 0.6) is 0 Å². The summed E-state index contributed by atoms with van der Waals surface area (Å²) < 4.78 is 57.1. The van der Waals surface area contributed by atoms with Gasteiger partial charge in [-0.15, -0.1) is 0 Å². The van der Waals surface area contributed by atoms with E-state index in [-0.39, 0.29) is 15.8 Å². The number of anilines is 1. The summed E-state index contributed by atoms with van der Waals surface area (Å²) in [5.41, 5.74) is 0.951. The van der Waals surface area contributed by atoms with Crippen molar-refractivity contribution in [2.24, 2.45) is 0 Å². The highest BCUT2D eigenvalue weighted by Gasteiger charge is 2.34. The van der Waals surface area contributed by atoms with E-state index in [1.807, 2.05) is 31.2 Å². The largest absolute Gasteiger partial charge is 0.345 e. The van der Waals surface area contributed by atoms with Crippen molar-refractivity contribution < 1.29 is 16.8 Å². The van der Waals surface area contributed by atoms with E-state index >= 15 is 0 Å². The molecule has 3 aromatic rings. The molecule has 2 saturated heterocycles. The number of sulfonamides is 2. The fourth-order valence-electron chi connectivity index (χ4n) is 4.88. The van der Waals surface area contributed by atoms with Gasteiger partial charge in [-0.25, -0.2) is 21.8 Å². The van der Waals surface area contributed by atoms with Crippen LogP contribution in [0, 0.1) is 0 Å². The molecule has 2 aliphatic rings. The van der Waals surface area contributed by atoms with E-state index in [1.54, 1.807) is 15.6 Å². The summed E-state index contributed by atoms with van der Waals surface area (Å²) in [6.07, 6.45) is 3.53.